The largest absolute Gasteiger partial charge is 0.467 e. The molecule has 0 N–H and O–H groups in total. The van der Waals surface area contributed by atoms with Gasteiger partial charge in [-0.25, -0.2) is 4.98 Å². The number of morpholine rings is 1. The summed E-state index contributed by atoms with van der Waals surface area (Å²) in [6.07, 6.45) is 4.81. The molecule has 3 rings (SSSR count). The number of carbonyl (C=O) groups excluding carboxylic acids is 2. The molecular weight excluding hydrogens is 336 g/mol. The predicted octanol–water partition coefficient (Wildman–Crippen LogP) is 1.27. The van der Waals surface area contributed by atoms with Gasteiger partial charge in [-0.15, -0.1) is 0 Å². The first-order valence-corrected chi connectivity index (χ1v) is 8.59. The average Bonchev–Trinajstić information content (AvgIpc) is 3.19. The number of ether oxygens (including phenoxy) is 1. The molecule has 1 fully saturated rings. The molecule has 0 bridgehead atoms. The lowest BCUT2D eigenvalue weighted by atomic mass is 10.2. The summed E-state index contributed by atoms with van der Waals surface area (Å²) in [6, 6.07) is 3.56. The van der Waals surface area contributed by atoms with Crippen molar-refractivity contribution in [1.29, 1.82) is 0 Å². The highest BCUT2D eigenvalue weighted by atomic mass is 16.5. The van der Waals surface area contributed by atoms with Gasteiger partial charge in [-0.2, -0.15) is 0 Å². The summed E-state index contributed by atoms with van der Waals surface area (Å²) in [4.78, 5) is 36.8. The first-order valence-electron chi connectivity index (χ1n) is 8.59. The fourth-order valence-electron chi connectivity index (χ4n) is 2.71. The molecule has 138 valence electrons. The monoisotopic (exact) mass is 358 g/mol. The Bertz CT molecular complexity index is 724. The second kappa shape index (κ2) is 8.57. The Hall–Kier alpha value is -2.74. The Labute approximate surface area is 151 Å². The molecule has 2 aromatic heterocycles. The van der Waals surface area contributed by atoms with E-state index in [0.717, 1.165) is 5.69 Å². The summed E-state index contributed by atoms with van der Waals surface area (Å²) in [5.74, 6) is 0.390. The molecule has 3 heterocycles. The van der Waals surface area contributed by atoms with Gasteiger partial charge in [0.2, 0.25) is 5.91 Å². The summed E-state index contributed by atoms with van der Waals surface area (Å²) in [5, 5.41) is 0. The van der Waals surface area contributed by atoms with Crippen molar-refractivity contribution in [3.63, 3.8) is 0 Å². The van der Waals surface area contributed by atoms with Gasteiger partial charge >= 0.3 is 0 Å². The molecule has 0 atom stereocenters. The third-order valence-corrected chi connectivity index (χ3v) is 4.17. The average molecular weight is 358 g/mol. The van der Waals surface area contributed by atoms with Crippen molar-refractivity contribution in [2.45, 2.75) is 19.9 Å². The zero-order valence-electron chi connectivity index (χ0n) is 14.8. The van der Waals surface area contributed by atoms with Crippen LogP contribution in [0.1, 0.15) is 28.4 Å². The van der Waals surface area contributed by atoms with Gasteiger partial charge in [-0.05, 0) is 19.1 Å². The highest BCUT2D eigenvalue weighted by Crippen LogP contribution is 2.11. The third kappa shape index (κ3) is 4.66. The van der Waals surface area contributed by atoms with Crippen LogP contribution in [-0.2, 0) is 16.1 Å². The molecule has 1 aliphatic rings. The van der Waals surface area contributed by atoms with Crippen molar-refractivity contribution in [2.75, 3.05) is 32.8 Å². The van der Waals surface area contributed by atoms with Crippen LogP contribution < -0.4 is 0 Å². The first-order chi connectivity index (χ1) is 12.6. The molecule has 1 aliphatic heterocycles. The zero-order valence-corrected chi connectivity index (χ0v) is 14.8. The molecule has 8 heteroatoms. The van der Waals surface area contributed by atoms with Crippen molar-refractivity contribution in [1.82, 2.24) is 19.8 Å². The Morgan fingerprint density at radius 1 is 1.23 bits per heavy atom. The van der Waals surface area contributed by atoms with Gasteiger partial charge in [-0.1, -0.05) is 0 Å². The van der Waals surface area contributed by atoms with Crippen molar-refractivity contribution in [3.05, 3.63) is 47.9 Å². The Morgan fingerprint density at radius 3 is 2.69 bits per heavy atom. The van der Waals surface area contributed by atoms with Crippen LogP contribution in [-0.4, -0.2) is 64.4 Å². The maximum Gasteiger partial charge on any atom is 0.274 e. The van der Waals surface area contributed by atoms with E-state index in [0.29, 0.717) is 32.1 Å². The molecule has 0 saturated carbocycles. The highest BCUT2D eigenvalue weighted by molar-refractivity contribution is 5.92. The summed E-state index contributed by atoms with van der Waals surface area (Å²) in [5.41, 5.74) is 0.989. The number of carbonyl (C=O) groups is 2. The molecule has 26 heavy (non-hydrogen) atoms. The molecule has 2 amide bonds. The molecule has 0 aromatic carbocycles. The van der Waals surface area contributed by atoms with Crippen molar-refractivity contribution < 1.29 is 18.7 Å². The summed E-state index contributed by atoms with van der Waals surface area (Å²) in [6.45, 7) is 4.66. The van der Waals surface area contributed by atoms with Crippen LogP contribution in [0.3, 0.4) is 0 Å². The standard InChI is InChI=1S/C18H22N4O4/c1-14-11-20-16(12-19-14)18(24)22(13-15-3-2-8-26-15)5-4-17(23)21-6-9-25-10-7-21/h2-3,8,11-12H,4-7,9-10,13H2,1H3. The van der Waals surface area contributed by atoms with Crippen LogP contribution >= 0.6 is 0 Å². The van der Waals surface area contributed by atoms with E-state index in [9.17, 15) is 9.59 Å². The number of amides is 2. The molecular formula is C18H22N4O4. The molecule has 0 unspecified atom stereocenters. The van der Waals surface area contributed by atoms with E-state index in [1.807, 2.05) is 6.92 Å². The quantitative estimate of drug-likeness (QED) is 0.773. The van der Waals surface area contributed by atoms with Gasteiger partial charge < -0.3 is 19.0 Å². The number of nitrogens with zero attached hydrogens (tertiary/aromatic N) is 4. The van der Waals surface area contributed by atoms with Gasteiger partial charge in [-0.3, -0.25) is 14.6 Å². The summed E-state index contributed by atoms with van der Waals surface area (Å²) < 4.78 is 10.6. The van der Waals surface area contributed by atoms with E-state index in [1.165, 1.54) is 6.20 Å². The van der Waals surface area contributed by atoms with Gasteiger partial charge in [0, 0.05) is 32.3 Å². The van der Waals surface area contributed by atoms with E-state index in [2.05, 4.69) is 9.97 Å². The molecule has 0 aliphatic carbocycles. The SMILES string of the molecule is Cc1cnc(C(=O)N(CCC(=O)N2CCOCC2)Cc2ccco2)cn1. The van der Waals surface area contributed by atoms with E-state index in [-0.39, 0.29) is 37.0 Å². The molecule has 0 spiro atoms. The smallest absolute Gasteiger partial charge is 0.274 e. The van der Waals surface area contributed by atoms with Crippen LogP contribution in [0.2, 0.25) is 0 Å². The van der Waals surface area contributed by atoms with Crippen molar-refractivity contribution in [3.8, 4) is 0 Å². The topological polar surface area (TPSA) is 88.8 Å². The number of hydrogen-bond acceptors (Lipinski definition) is 6. The fraction of sp³-hybridized carbons (Fsp3) is 0.444. The number of furan rings is 1. The third-order valence-electron chi connectivity index (χ3n) is 4.17. The van der Waals surface area contributed by atoms with Crippen LogP contribution in [0.5, 0.6) is 0 Å². The number of aromatic nitrogens is 2. The first kappa shape index (κ1) is 18.1. The molecule has 0 radical (unpaired) electrons. The van der Waals surface area contributed by atoms with E-state index in [1.54, 1.807) is 34.4 Å². The highest BCUT2D eigenvalue weighted by Gasteiger charge is 2.22. The Morgan fingerprint density at radius 2 is 2.04 bits per heavy atom. The minimum absolute atomic E-state index is 0.0144. The maximum atomic E-state index is 12.8. The van der Waals surface area contributed by atoms with Crippen LogP contribution in [0.25, 0.3) is 0 Å². The van der Waals surface area contributed by atoms with Crippen molar-refractivity contribution >= 4 is 11.8 Å². The normalized spacial score (nSPS) is 14.3. The van der Waals surface area contributed by atoms with E-state index < -0.39 is 0 Å². The zero-order chi connectivity index (χ0) is 18.4. The fourth-order valence-corrected chi connectivity index (χ4v) is 2.71. The Balaban J connectivity index is 1.67. The summed E-state index contributed by atoms with van der Waals surface area (Å²) >= 11 is 0. The van der Waals surface area contributed by atoms with Gasteiger partial charge in [0.05, 0.1) is 37.9 Å². The second-order valence-corrected chi connectivity index (χ2v) is 6.09. The number of rotatable bonds is 6. The lowest BCUT2D eigenvalue weighted by Crippen LogP contribution is -2.42. The lowest BCUT2D eigenvalue weighted by molar-refractivity contribution is -0.135. The minimum Gasteiger partial charge on any atom is -0.467 e. The number of aryl methyl sites for hydroxylation is 1. The minimum atomic E-state index is -0.274. The van der Waals surface area contributed by atoms with Gasteiger partial charge in [0.1, 0.15) is 11.5 Å². The van der Waals surface area contributed by atoms with Gasteiger partial charge in [0.15, 0.2) is 0 Å². The molecule has 2 aromatic rings. The summed E-state index contributed by atoms with van der Waals surface area (Å²) in [7, 11) is 0. The lowest BCUT2D eigenvalue weighted by Gasteiger charge is -2.28. The molecule has 8 nitrogen and oxygen atoms in total. The van der Waals surface area contributed by atoms with Crippen LogP contribution in [0.15, 0.2) is 35.2 Å². The van der Waals surface area contributed by atoms with E-state index in [4.69, 9.17) is 9.15 Å². The second-order valence-electron chi connectivity index (χ2n) is 6.09. The van der Waals surface area contributed by atoms with Crippen molar-refractivity contribution in [2.24, 2.45) is 0 Å². The predicted molar refractivity (Wildman–Crippen MR) is 92.2 cm³/mol. The molecule has 1 saturated heterocycles. The van der Waals surface area contributed by atoms with E-state index >= 15 is 0 Å². The van der Waals surface area contributed by atoms with Gasteiger partial charge in [0.25, 0.3) is 5.91 Å². The maximum absolute atomic E-state index is 12.8. The number of hydrogen-bond donors (Lipinski definition) is 0. The van der Waals surface area contributed by atoms with Crippen LogP contribution in [0, 0.1) is 6.92 Å². The Kier molecular flexibility index (Phi) is 5.96. The van der Waals surface area contributed by atoms with Crippen LogP contribution in [0.4, 0.5) is 0 Å².